The van der Waals surface area contributed by atoms with E-state index < -0.39 is 0 Å². The minimum atomic E-state index is -0.292. The first kappa shape index (κ1) is 16.8. The third-order valence-electron chi connectivity index (χ3n) is 3.39. The molecule has 2 aromatic rings. The van der Waals surface area contributed by atoms with Crippen LogP contribution in [-0.2, 0) is 6.54 Å². The van der Waals surface area contributed by atoms with E-state index in [9.17, 15) is 9.18 Å². The van der Waals surface area contributed by atoms with Crippen molar-refractivity contribution in [3.05, 3.63) is 59.4 Å². The van der Waals surface area contributed by atoms with Crippen molar-refractivity contribution in [2.24, 2.45) is 0 Å². The summed E-state index contributed by atoms with van der Waals surface area (Å²) < 4.78 is 23.6. The lowest BCUT2D eigenvalue weighted by Gasteiger charge is -2.18. The van der Waals surface area contributed by atoms with Crippen LogP contribution >= 0.6 is 0 Å². The van der Waals surface area contributed by atoms with Gasteiger partial charge < -0.3 is 14.4 Å². The summed E-state index contributed by atoms with van der Waals surface area (Å²) in [6.45, 7) is 2.75. The Morgan fingerprint density at radius 2 is 1.83 bits per heavy atom. The van der Waals surface area contributed by atoms with Gasteiger partial charge in [0.2, 0.25) is 0 Å². The second-order valence-corrected chi connectivity index (χ2v) is 5.09. The number of ether oxygens (including phenoxy) is 2. The fourth-order valence-corrected chi connectivity index (χ4v) is 2.23. The molecule has 1 amide bonds. The number of nitrogens with zero attached hydrogens (tertiary/aromatic N) is 1. The lowest BCUT2D eigenvalue weighted by Crippen LogP contribution is -2.26. The summed E-state index contributed by atoms with van der Waals surface area (Å²) in [6.07, 6.45) is 0. The number of benzene rings is 2. The Kier molecular flexibility index (Phi) is 5.57. The molecular formula is C18H20FNO3. The Hall–Kier alpha value is -2.56. The Labute approximate surface area is 135 Å². The third-order valence-corrected chi connectivity index (χ3v) is 3.39. The van der Waals surface area contributed by atoms with Crippen molar-refractivity contribution in [2.45, 2.75) is 13.5 Å². The second-order valence-electron chi connectivity index (χ2n) is 5.09. The summed E-state index contributed by atoms with van der Waals surface area (Å²) >= 11 is 0. The van der Waals surface area contributed by atoms with Gasteiger partial charge in [-0.2, -0.15) is 0 Å². The standard InChI is InChI=1S/C18H20FNO3/c1-4-23-17-11-14(7-10-16(17)22-3)18(21)20(2)12-13-5-8-15(19)9-6-13/h5-11H,4,12H2,1-3H3. The maximum absolute atomic E-state index is 12.9. The number of carbonyl (C=O) groups excluding carboxylic acids is 1. The van der Waals surface area contributed by atoms with Gasteiger partial charge in [-0.1, -0.05) is 12.1 Å². The number of methoxy groups -OCH3 is 1. The van der Waals surface area contributed by atoms with Crippen LogP contribution in [0, 0.1) is 5.82 Å². The maximum Gasteiger partial charge on any atom is 0.254 e. The van der Waals surface area contributed by atoms with Crippen LogP contribution in [0.2, 0.25) is 0 Å². The quantitative estimate of drug-likeness (QED) is 0.818. The molecule has 0 N–H and O–H groups in total. The molecule has 0 saturated heterocycles. The van der Waals surface area contributed by atoms with E-state index in [0.29, 0.717) is 30.2 Å². The Morgan fingerprint density at radius 1 is 1.13 bits per heavy atom. The molecule has 0 aliphatic heterocycles. The van der Waals surface area contributed by atoms with Gasteiger partial charge in [-0.3, -0.25) is 4.79 Å². The molecule has 0 heterocycles. The van der Waals surface area contributed by atoms with E-state index >= 15 is 0 Å². The molecule has 2 rings (SSSR count). The van der Waals surface area contributed by atoms with Gasteiger partial charge in [-0.15, -0.1) is 0 Å². The van der Waals surface area contributed by atoms with Gasteiger partial charge in [0.25, 0.3) is 5.91 Å². The van der Waals surface area contributed by atoms with Crippen molar-refractivity contribution >= 4 is 5.91 Å². The fraction of sp³-hybridized carbons (Fsp3) is 0.278. The lowest BCUT2D eigenvalue weighted by atomic mass is 10.1. The number of halogens is 1. The van der Waals surface area contributed by atoms with Crippen molar-refractivity contribution < 1.29 is 18.7 Å². The predicted molar refractivity (Wildman–Crippen MR) is 86.4 cm³/mol. The van der Waals surface area contributed by atoms with Crippen molar-refractivity contribution in [1.82, 2.24) is 4.90 Å². The highest BCUT2D eigenvalue weighted by atomic mass is 19.1. The number of amides is 1. The summed E-state index contributed by atoms with van der Waals surface area (Å²) in [5, 5.41) is 0. The molecule has 0 spiro atoms. The van der Waals surface area contributed by atoms with Crippen LogP contribution in [0.5, 0.6) is 11.5 Å². The summed E-state index contributed by atoms with van der Waals surface area (Å²) in [7, 11) is 3.26. The van der Waals surface area contributed by atoms with Crippen LogP contribution in [-0.4, -0.2) is 31.6 Å². The normalized spacial score (nSPS) is 10.3. The predicted octanol–water partition coefficient (Wildman–Crippen LogP) is 3.51. The molecule has 2 aromatic carbocycles. The third kappa shape index (κ3) is 4.22. The van der Waals surface area contributed by atoms with Gasteiger partial charge in [0.1, 0.15) is 5.82 Å². The molecule has 0 bridgehead atoms. The number of carbonyl (C=O) groups is 1. The van der Waals surface area contributed by atoms with Gasteiger partial charge in [-0.25, -0.2) is 4.39 Å². The molecule has 0 saturated carbocycles. The molecule has 0 aliphatic rings. The summed E-state index contributed by atoms with van der Waals surface area (Å²) in [6, 6.07) is 11.2. The van der Waals surface area contributed by atoms with Gasteiger partial charge in [0.15, 0.2) is 11.5 Å². The van der Waals surface area contributed by atoms with Crippen molar-refractivity contribution in [1.29, 1.82) is 0 Å². The highest BCUT2D eigenvalue weighted by molar-refractivity contribution is 5.94. The second kappa shape index (κ2) is 7.63. The number of rotatable bonds is 6. The van der Waals surface area contributed by atoms with Crippen LogP contribution in [0.3, 0.4) is 0 Å². The van der Waals surface area contributed by atoms with Crippen LogP contribution < -0.4 is 9.47 Å². The van der Waals surface area contributed by atoms with Crippen LogP contribution in [0.4, 0.5) is 4.39 Å². The van der Waals surface area contributed by atoms with Crippen LogP contribution in [0.25, 0.3) is 0 Å². The molecule has 122 valence electrons. The number of hydrogen-bond acceptors (Lipinski definition) is 3. The Morgan fingerprint density at radius 3 is 2.43 bits per heavy atom. The monoisotopic (exact) mass is 317 g/mol. The van der Waals surface area contributed by atoms with Crippen molar-refractivity contribution in [3.63, 3.8) is 0 Å². The fourth-order valence-electron chi connectivity index (χ4n) is 2.23. The van der Waals surface area contributed by atoms with E-state index in [1.54, 1.807) is 49.4 Å². The van der Waals surface area contributed by atoms with E-state index in [4.69, 9.17) is 9.47 Å². The minimum absolute atomic E-state index is 0.141. The molecule has 4 nitrogen and oxygen atoms in total. The summed E-state index contributed by atoms with van der Waals surface area (Å²) in [5.74, 6) is 0.692. The molecule has 0 atom stereocenters. The maximum atomic E-state index is 12.9. The first-order chi connectivity index (χ1) is 11.0. The van der Waals surface area contributed by atoms with Crippen LogP contribution in [0.1, 0.15) is 22.8 Å². The zero-order chi connectivity index (χ0) is 16.8. The van der Waals surface area contributed by atoms with E-state index in [2.05, 4.69) is 0 Å². The topological polar surface area (TPSA) is 38.8 Å². The van der Waals surface area contributed by atoms with Crippen molar-refractivity contribution in [3.8, 4) is 11.5 Å². The van der Waals surface area contributed by atoms with E-state index in [-0.39, 0.29) is 11.7 Å². The summed E-state index contributed by atoms with van der Waals surface area (Å²) in [4.78, 5) is 14.1. The molecule has 0 unspecified atom stereocenters. The lowest BCUT2D eigenvalue weighted by molar-refractivity contribution is 0.0784. The zero-order valence-corrected chi connectivity index (χ0v) is 13.5. The zero-order valence-electron chi connectivity index (χ0n) is 13.5. The number of hydrogen-bond donors (Lipinski definition) is 0. The summed E-state index contributed by atoms with van der Waals surface area (Å²) in [5.41, 5.74) is 1.37. The smallest absolute Gasteiger partial charge is 0.254 e. The molecule has 0 radical (unpaired) electrons. The average molecular weight is 317 g/mol. The Balaban J connectivity index is 2.15. The highest BCUT2D eigenvalue weighted by Crippen LogP contribution is 2.28. The first-order valence-corrected chi connectivity index (χ1v) is 7.36. The SMILES string of the molecule is CCOc1cc(C(=O)N(C)Cc2ccc(F)cc2)ccc1OC. The molecule has 5 heteroatoms. The highest BCUT2D eigenvalue weighted by Gasteiger charge is 2.15. The van der Waals surface area contributed by atoms with E-state index in [1.165, 1.54) is 12.1 Å². The van der Waals surface area contributed by atoms with Gasteiger partial charge >= 0.3 is 0 Å². The van der Waals surface area contributed by atoms with E-state index in [0.717, 1.165) is 5.56 Å². The van der Waals surface area contributed by atoms with Gasteiger partial charge in [0.05, 0.1) is 13.7 Å². The average Bonchev–Trinajstić information content (AvgIpc) is 2.56. The van der Waals surface area contributed by atoms with Crippen molar-refractivity contribution in [2.75, 3.05) is 20.8 Å². The largest absolute Gasteiger partial charge is 0.493 e. The minimum Gasteiger partial charge on any atom is -0.493 e. The molecule has 23 heavy (non-hydrogen) atoms. The first-order valence-electron chi connectivity index (χ1n) is 7.36. The van der Waals surface area contributed by atoms with E-state index in [1.807, 2.05) is 6.92 Å². The molecule has 0 aliphatic carbocycles. The molecule has 0 aromatic heterocycles. The van der Waals surface area contributed by atoms with Gasteiger partial charge in [-0.05, 0) is 42.8 Å². The molecular weight excluding hydrogens is 297 g/mol. The Bertz CT molecular complexity index is 670. The van der Waals surface area contributed by atoms with Crippen LogP contribution in [0.15, 0.2) is 42.5 Å². The molecule has 0 fully saturated rings. The van der Waals surface area contributed by atoms with Gasteiger partial charge in [0, 0.05) is 19.2 Å².